The Morgan fingerprint density at radius 2 is 1.90 bits per heavy atom. The molecule has 5 nitrogen and oxygen atoms in total. The third-order valence-corrected chi connectivity index (χ3v) is 3.92. The van der Waals surface area contributed by atoms with Crippen LogP contribution in [0, 0.1) is 5.92 Å². The van der Waals surface area contributed by atoms with Gasteiger partial charge in [-0.05, 0) is 18.4 Å². The van der Waals surface area contributed by atoms with Gasteiger partial charge in [-0.25, -0.2) is 9.97 Å². The van der Waals surface area contributed by atoms with Gasteiger partial charge in [-0.2, -0.15) is 0 Å². The van der Waals surface area contributed by atoms with E-state index in [9.17, 15) is 4.79 Å². The number of hydrogen-bond donors (Lipinski definition) is 1. The number of anilines is 1. The van der Waals surface area contributed by atoms with E-state index in [0.29, 0.717) is 25.9 Å². The van der Waals surface area contributed by atoms with Gasteiger partial charge in [-0.1, -0.05) is 30.3 Å². The van der Waals surface area contributed by atoms with E-state index in [4.69, 9.17) is 5.11 Å². The van der Waals surface area contributed by atoms with Gasteiger partial charge < -0.3 is 10.0 Å². The zero-order chi connectivity index (χ0) is 14.7. The van der Waals surface area contributed by atoms with E-state index in [0.717, 1.165) is 16.9 Å². The lowest BCUT2D eigenvalue weighted by molar-refractivity contribution is -0.142. The summed E-state index contributed by atoms with van der Waals surface area (Å²) in [7, 11) is 0. The predicted molar refractivity (Wildman–Crippen MR) is 80.0 cm³/mol. The third-order valence-electron chi connectivity index (χ3n) is 3.92. The first-order valence-electron chi connectivity index (χ1n) is 7.09. The monoisotopic (exact) mass is 283 g/mol. The van der Waals surface area contributed by atoms with Gasteiger partial charge in [0.1, 0.15) is 12.1 Å². The van der Waals surface area contributed by atoms with Gasteiger partial charge in [0, 0.05) is 24.8 Å². The molecule has 2 aromatic rings. The normalized spacial score (nSPS) is 15.9. The van der Waals surface area contributed by atoms with Crippen molar-refractivity contribution in [3.8, 4) is 11.1 Å². The summed E-state index contributed by atoms with van der Waals surface area (Å²) >= 11 is 0. The summed E-state index contributed by atoms with van der Waals surface area (Å²) in [5, 5.41) is 9.08. The highest BCUT2D eigenvalue weighted by Gasteiger charge is 2.26. The van der Waals surface area contributed by atoms with Crippen molar-refractivity contribution in [1.82, 2.24) is 9.97 Å². The quantitative estimate of drug-likeness (QED) is 0.937. The summed E-state index contributed by atoms with van der Waals surface area (Å²) < 4.78 is 0. The van der Waals surface area contributed by atoms with Crippen molar-refractivity contribution in [2.45, 2.75) is 12.8 Å². The van der Waals surface area contributed by atoms with E-state index in [2.05, 4.69) is 14.9 Å². The van der Waals surface area contributed by atoms with Crippen molar-refractivity contribution in [3.63, 3.8) is 0 Å². The summed E-state index contributed by atoms with van der Waals surface area (Å²) in [6.45, 7) is 1.43. The highest BCUT2D eigenvalue weighted by atomic mass is 16.4. The molecule has 0 saturated carbocycles. The smallest absolute Gasteiger partial charge is 0.306 e. The fraction of sp³-hybridized carbons (Fsp3) is 0.312. The number of carboxylic acid groups (broad SMARTS) is 1. The summed E-state index contributed by atoms with van der Waals surface area (Å²) in [4.78, 5) is 21.7. The molecule has 1 aliphatic rings. The zero-order valence-corrected chi connectivity index (χ0v) is 11.6. The van der Waals surface area contributed by atoms with Gasteiger partial charge in [-0.15, -0.1) is 0 Å². The summed E-state index contributed by atoms with van der Waals surface area (Å²) in [6.07, 6.45) is 4.69. The van der Waals surface area contributed by atoms with Crippen LogP contribution >= 0.6 is 0 Å². The number of hydrogen-bond acceptors (Lipinski definition) is 4. The molecule has 0 radical (unpaired) electrons. The summed E-state index contributed by atoms with van der Waals surface area (Å²) in [6, 6.07) is 10.0. The molecule has 21 heavy (non-hydrogen) atoms. The minimum atomic E-state index is -0.694. The average molecular weight is 283 g/mol. The number of carboxylic acids is 1. The number of piperidine rings is 1. The molecule has 0 spiro atoms. The highest BCUT2D eigenvalue weighted by molar-refractivity contribution is 5.75. The maximum Gasteiger partial charge on any atom is 0.306 e. The summed E-state index contributed by atoms with van der Waals surface area (Å²) in [5.74, 6) is -0.0380. The zero-order valence-electron chi connectivity index (χ0n) is 11.6. The second-order valence-corrected chi connectivity index (χ2v) is 5.23. The van der Waals surface area contributed by atoms with Gasteiger partial charge in [0.25, 0.3) is 0 Å². The molecule has 1 aliphatic heterocycles. The standard InChI is InChI=1S/C16H17N3O2/c20-16(21)13-6-8-19(9-7-13)15-14(10-17-11-18-15)12-4-2-1-3-5-12/h1-5,10-11,13H,6-9H2,(H,20,21). The molecular weight excluding hydrogens is 266 g/mol. The minimum Gasteiger partial charge on any atom is -0.481 e. The summed E-state index contributed by atoms with van der Waals surface area (Å²) in [5.41, 5.74) is 2.07. The van der Waals surface area contributed by atoms with Crippen molar-refractivity contribution in [2.75, 3.05) is 18.0 Å². The second-order valence-electron chi connectivity index (χ2n) is 5.23. The number of carbonyl (C=O) groups is 1. The Morgan fingerprint density at radius 3 is 2.57 bits per heavy atom. The molecule has 108 valence electrons. The number of aromatic nitrogens is 2. The topological polar surface area (TPSA) is 66.3 Å². The molecule has 1 aromatic carbocycles. The Kier molecular flexibility index (Phi) is 3.81. The lowest BCUT2D eigenvalue weighted by atomic mass is 9.96. The van der Waals surface area contributed by atoms with Crippen LogP contribution in [-0.2, 0) is 4.79 Å². The first-order valence-corrected chi connectivity index (χ1v) is 7.09. The largest absolute Gasteiger partial charge is 0.481 e. The van der Waals surface area contributed by atoms with Crippen LogP contribution in [0.1, 0.15) is 12.8 Å². The van der Waals surface area contributed by atoms with Crippen molar-refractivity contribution in [1.29, 1.82) is 0 Å². The number of benzene rings is 1. The first-order chi connectivity index (χ1) is 10.3. The Balaban J connectivity index is 1.85. The van der Waals surface area contributed by atoms with E-state index in [-0.39, 0.29) is 5.92 Å². The van der Waals surface area contributed by atoms with Gasteiger partial charge >= 0.3 is 5.97 Å². The number of nitrogens with zero attached hydrogens (tertiary/aromatic N) is 3. The lowest BCUT2D eigenvalue weighted by Gasteiger charge is -2.32. The molecule has 2 heterocycles. The fourth-order valence-corrected chi connectivity index (χ4v) is 2.73. The number of rotatable bonds is 3. The van der Waals surface area contributed by atoms with Gasteiger partial charge in [-0.3, -0.25) is 4.79 Å². The van der Waals surface area contributed by atoms with Crippen molar-refractivity contribution in [3.05, 3.63) is 42.9 Å². The highest BCUT2D eigenvalue weighted by Crippen LogP contribution is 2.30. The van der Waals surface area contributed by atoms with Crippen LogP contribution < -0.4 is 4.90 Å². The Morgan fingerprint density at radius 1 is 1.19 bits per heavy atom. The van der Waals surface area contributed by atoms with Crippen LogP contribution in [0.3, 0.4) is 0 Å². The van der Waals surface area contributed by atoms with Crippen LogP contribution in [0.5, 0.6) is 0 Å². The second kappa shape index (κ2) is 5.91. The minimum absolute atomic E-state index is 0.233. The molecule has 0 amide bonds. The molecule has 1 fully saturated rings. The molecule has 1 aromatic heterocycles. The molecule has 0 atom stereocenters. The van der Waals surface area contributed by atoms with Gasteiger partial charge in [0.15, 0.2) is 0 Å². The van der Waals surface area contributed by atoms with E-state index >= 15 is 0 Å². The van der Waals surface area contributed by atoms with Crippen LogP contribution in [0.15, 0.2) is 42.9 Å². The Bertz CT molecular complexity index is 622. The fourth-order valence-electron chi connectivity index (χ4n) is 2.73. The molecule has 0 unspecified atom stereocenters. The van der Waals surface area contributed by atoms with Crippen LogP contribution in [0.4, 0.5) is 5.82 Å². The molecular formula is C16H17N3O2. The molecule has 0 bridgehead atoms. The van der Waals surface area contributed by atoms with Crippen molar-refractivity contribution >= 4 is 11.8 Å². The Labute approximate surface area is 123 Å². The van der Waals surface area contributed by atoms with Gasteiger partial charge in [0.2, 0.25) is 0 Å². The molecule has 3 rings (SSSR count). The first kappa shape index (κ1) is 13.5. The van der Waals surface area contributed by atoms with E-state index in [1.54, 1.807) is 6.33 Å². The van der Waals surface area contributed by atoms with Crippen molar-refractivity contribution in [2.24, 2.45) is 5.92 Å². The molecule has 1 N–H and O–H groups in total. The van der Waals surface area contributed by atoms with Gasteiger partial charge in [0.05, 0.1) is 5.92 Å². The predicted octanol–water partition coefficient (Wildman–Crippen LogP) is 2.44. The van der Waals surface area contributed by atoms with Crippen molar-refractivity contribution < 1.29 is 9.90 Å². The van der Waals surface area contributed by atoms with E-state index in [1.165, 1.54) is 0 Å². The average Bonchev–Trinajstić information content (AvgIpc) is 2.56. The SMILES string of the molecule is O=C(O)C1CCN(c2ncncc2-c2ccccc2)CC1. The molecule has 0 aliphatic carbocycles. The molecule has 1 saturated heterocycles. The maximum absolute atomic E-state index is 11.0. The van der Waals surface area contributed by atoms with Crippen LogP contribution in [-0.4, -0.2) is 34.1 Å². The Hall–Kier alpha value is -2.43. The molecule has 5 heteroatoms. The van der Waals surface area contributed by atoms with Crippen LogP contribution in [0.25, 0.3) is 11.1 Å². The van der Waals surface area contributed by atoms with Crippen LogP contribution in [0.2, 0.25) is 0 Å². The van der Waals surface area contributed by atoms with E-state index < -0.39 is 5.97 Å². The lowest BCUT2D eigenvalue weighted by Crippen LogP contribution is -2.37. The number of aliphatic carboxylic acids is 1. The third kappa shape index (κ3) is 2.86. The van der Waals surface area contributed by atoms with E-state index in [1.807, 2.05) is 36.5 Å². The maximum atomic E-state index is 11.0.